The molecule has 4 aromatic carbocycles. The third-order valence-electron chi connectivity index (χ3n) is 6.95. The maximum Gasteiger partial charge on any atom is 0.293 e. The third kappa shape index (κ3) is 1.76. The number of pyridine rings is 1. The van der Waals surface area contributed by atoms with Crippen LogP contribution >= 0.6 is 0 Å². The summed E-state index contributed by atoms with van der Waals surface area (Å²) in [7, 11) is 0. The van der Waals surface area contributed by atoms with Crippen LogP contribution in [0.3, 0.4) is 0 Å². The van der Waals surface area contributed by atoms with Crippen molar-refractivity contribution in [2.75, 3.05) is 0 Å². The Morgan fingerprint density at radius 1 is 0.759 bits per heavy atom. The monoisotopic (exact) mass is 374 g/mol. The second-order valence-corrected chi connectivity index (χ2v) is 8.81. The Labute approximate surface area is 169 Å². The first-order valence-electron chi connectivity index (χ1n) is 10.2. The minimum atomic E-state index is -0.0568. The van der Waals surface area contributed by atoms with E-state index in [2.05, 4.69) is 91.2 Å². The number of hydrogen-bond acceptors (Lipinski definition) is 1. The summed E-state index contributed by atoms with van der Waals surface area (Å²) in [4.78, 5) is 0. The second kappa shape index (κ2) is 4.96. The topological polar surface area (TPSA) is 13.1 Å². The Balaban J connectivity index is 1.73. The highest BCUT2D eigenvalue weighted by molar-refractivity contribution is 6.06. The van der Waals surface area contributed by atoms with Gasteiger partial charge in [0.25, 0.3) is 6.73 Å². The van der Waals surface area contributed by atoms with Crippen molar-refractivity contribution in [3.63, 3.8) is 0 Å². The summed E-state index contributed by atoms with van der Waals surface area (Å²) in [6.07, 6.45) is 0. The quantitative estimate of drug-likeness (QED) is 0.236. The standard InChI is InChI=1S/C27H20NO/c1-27(2)21-13-17-8-4-6-10-20(17)26-23(21)25-22(27)14-18-12-11-16-7-3-5-9-19(16)24(18)28(25)15-29-26/h3-14H,15H2,1-2H3/q+1. The van der Waals surface area contributed by atoms with Crippen LogP contribution in [0.25, 0.3) is 43.7 Å². The number of nitrogens with zero attached hydrogens (tertiary/aromatic N) is 1. The van der Waals surface area contributed by atoms with E-state index >= 15 is 0 Å². The van der Waals surface area contributed by atoms with E-state index in [-0.39, 0.29) is 5.41 Å². The van der Waals surface area contributed by atoms with Crippen molar-refractivity contribution in [1.82, 2.24) is 0 Å². The van der Waals surface area contributed by atoms with Gasteiger partial charge < -0.3 is 4.74 Å². The number of benzene rings is 4. The Morgan fingerprint density at radius 3 is 2.31 bits per heavy atom. The van der Waals surface area contributed by atoms with Crippen molar-refractivity contribution in [2.24, 2.45) is 0 Å². The molecule has 2 nitrogen and oxygen atoms in total. The first-order valence-corrected chi connectivity index (χ1v) is 10.2. The van der Waals surface area contributed by atoms with Gasteiger partial charge in [-0.1, -0.05) is 62.4 Å². The van der Waals surface area contributed by atoms with Gasteiger partial charge in [0.1, 0.15) is 5.75 Å². The van der Waals surface area contributed by atoms with E-state index in [1.807, 2.05) is 0 Å². The van der Waals surface area contributed by atoms with Crippen LogP contribution in [0, 0.1) is 0 Å². The van der Waals surface area contributed by atoms with Gasteiger partial charge in [0.2, 0.25) is 11.2 Å². The minimum absolute atomic E-state index is 0.0568. The molecule has 29 heavy (non-hydrogen) atoms. The molecule has 2 aliphatic rings. The molecule has 0 spiro atoms. The molecule has 138 valence electrons. The van der Waals surface area contributed by atoms with E-state index < -0.39 is 0 Å². The maximum atomic E-state index is 6.49. The first kappa shape index (κ1) is 15.5. The molecule has 0 saturated carbocycles. The van der Waals surface area contributed by atoms with Crippen molar-refractivity contribution in [2.45, 2.75) is 26.0 Å². The summed E-state index contributed by atoms with van der Waals surface area (Å²) in [5.41, 5.74) is 6.60. The summed E-state index contributed by atoms with van der Waals surface area (Å²) in [6, 6.07) is 26.5. The molecule has 2 heteroatoms. The van der Waals surface area contributed by atoms with E-state index in [9.17, 15) is 0 Å². The number of aromatic nitrogens is 1. The Bertz CT molecular complexity index is 1530. The van der Waals surface area contributed by atoms with E-state index in [0.29, 0.717) is 6.73 Å². The van der Waals surface area contributed by atoms with E-state index in [0.717, 1.165) is 5.75 Å². The van der Waals surface area contributed by atoms with Gasteiger partial charge in [-0.25, -0.2) is 0 Å². The Hall–Kier alpha value is -3.39. The molecule has 0 atom stereocenters. The average molecular weight is 374 g/mol. The molecule has 7 rings (SSSR count). The number of rotatable bonds is 0. The summed E-state index contributed by atoms with van der Waals surface area (Å²) < 4.78 is 8.90. The van der Waals surface area contributed by atoms with Gasteiger partial charge >= 0.3 is 0 Å². The largest absolute Gasteiger partial charge is 0.434 e. The lowest BCUT2D eigenvalue weighted by atomic mass is 9.81. The number of ether oxygens (including phenoxy) is 1. The predicted molar refractivity (Wildman–Crippen MR) is 117 cm³/mol. The third-order valence-corrected chi connectivity index (χ3v) is 6.95. The van der Waals surface area contributed by atoms with Gasteiger partial charge in [0.05, 0.1) is 10.9 Å². The fraction of sp³-hybridized carbons (Fsp3) is 0.148. The van der Waals surface area contributed by atoms with Gasteiger partial charge in [0, 0.05) is 21.8 Å². The normalized spacial score (nSPS) is 15.7. The van der Waals surface area contributed by atoms with E-state index in [1.54, 1.807) is 0 Å². The van der Waals surface area contributed by atoms with Crippen LogP contribution in [0.1, 0.15) is 25.0 Å². The van der Waals surface area contributed by atoms with Crippen LogP contribution in [0.2, 0.25) is 0 Å². The lowest BCUT2D eigenvalue weighted by molar-refractivity contribution is -0.692. The van der Waals surface area contributed by atoms with Crippen molar-refractivity contribution in [1.29, 1.82) is 0 Å². The van der Waals surface area contributed by atoms with Gasteiger partial charge in [-0.3, -0.25) is 0 Å². The molecule has 0 fully saturated rings. The molecule has 1 aliphatic carbocycles. The average Bonchev–Trinajstić information content (AvgIpc) is 2.98. The molecule has 0 bridgehead atoms. The van der Waals surface area contributed by atoms with E-state index in [4.69, 9.17) is 4.74 Å². The van der Waals surface area contributed by atoms with Crippen LogP contribution in [0.4, 0.5) is 0 Å². The first-order chi connectivity index (χ1) is 14.1. The maximum absolute atomic E-state index is 6.49. The summed E-state index contributed by atoms with van der Waals surface area (Å²) in [5.74, 6) is 1.05. The molecule has 1 aliphatic heterocycles. The zero-order valence-corrected chi connectivity index (χ0v) is 16.5. The molecular weight excluding hydrogens is 354 g/mol. The van der Waals surface area contributed by atoms with Crippen LogP contribution in [0.15, 0.2) is 72.8 Å². The Kier molecular flexibility index (Phi) is 2.65. The van der Waals surface area contributed by atoms with Crippen LogP contribution < -0.4 is 9.30 Å². The zero-order chi connectivity index (χ0) is 19.3. The van der Waals surface area contributed by atoms with E-state index in [1.165, 1.54) is 54.8 Å². The fourth-order valence-corrected chi connectivity index (χ4v) is 5.51. The van der Waals surface area contributed by atoms with Crippen molar-refractivity contribution < 1.29 is 9.30 Å². The highest BCUT2D eigenvalue weighted by atomic mass is 16.5. The molecule has 0 N–H and O–H groups in total. The van der Waals surface area contributed by atoms with Crippen LogP contribution in [-0.2, 0) is 12.1 Å². The smallest absolute Gasteiger partial charge is 0.293 e. The fourth-order valence-electron chi connectivity index (χ4n) is 5.51. The van der Waals surface area contributed by atoms with Gasteiger partial charge in [-0.05, 0) is 40.6 Å². The highest BCUT2D eigenvalue weighted by Crippen LogP contribution is 2.55. The summed E-state index contributed by atoms with van der Waals surface area (Å²) >= 11 is 0. The highest BCUT2D eigenvalue weighted by Gasteiger charge is 2.47. The van der Waals surface area contributed by atoms with Gasteiger partial charge in [-0.15, -0.1) is 0 Å². The number of hydrogen-bond donors (Lipinski definition) is 0. The summed E-state index contributed by atoms with van der Waals surface area (Å²) in [5, 5.41) is 6.29. The lowest BCUT2D eigenvalue weighted by Gasteiger charge is -2.20. The van der Waals surface area contributed by atoms with Crippen molar-refractivity contribution >= 4 is 32.4 Å². The molecule has 0 radical (unpaired) electrons. The second-order valence-electron chi connectivity index (χ2n) is 8.81. The summed E-state index contributed by atoms with van der Waals surface area (Å²) in [6.45, 7) is 5.24. The zero-order valence-electron chi connectivity index (χ0n) is 16.5. The molecule has 2 heterocycles. The SMILES string of the molecule is CC1(C)c2cc3ccccc3c3c2-c2c1cc1ccc4ccccc4c1[n+]2CO3. The van der Waals surface area contributed by atoms with Crippen LogP contribution in [0.5, 0.6) is 5.75 Å². The van der Waals surface area contributed by atoms with Crippen LogP contribution in [-0.4, -0.2) is 0 Å². The lowest BCUT2D eigenvalue weighted by Crippen LogP contribution is -2.43. The van der Waals surface area contributed by atoms with Gasteiger partial charge in [0.15, 0.2) is 0 Å². The molecule has 0 saturated heterocycles. The minimum Gasteiger partial charge on any atom is -0.434 e. The molecule has 1 aromatic heterocycles. The Morgan fingerprint density at radius 2 is 1.45 bits per heavy atom. The molecule has 0 unspecified atom stereocenters. The predicted octanol–water partition coefficient (Wildman–Crippen LogP) is 6.09. The van der Waals surface area contributed by atoms with Crippen molar-refractivity contribution in [3.05, 3.63) is 83.9 Å². The van der Waals surface area contributed by atoms with Gasteiger partial charge in [-0.2, -0.15) is 4.57 Å². The number of fused-ring (bicyclic) bond motifs is 6. The molecule has 5 aromatic rings. The molecular formula is C27H20NO+. The van der Waals surface area contributed by atoms with Crippen molar-refractivity contribution in [3.8, 4) is 17.0 Å². The molecule has 0 amide bonds.